The molecule has 0 saturated heterocycles. The standard InChI is InChI=1S/C26H23N5/c1-31-11-3-2-4-26(31)24-15-23-14-21-8-7-19(28-21)12-17-5-6-18(27-17)13-20-9-10-22(29-20)16-25(24)30-23/h2-16,26-30H,1H3. The van der Waals surface area contributed by atoms with Crippen LogP contribution in [-0.4, -0.2) is 31.9 Å². The van der Waals surface area contributed by atoms with Crippen molar-refractivity contribution in [2.75, 3.05) is 7.05 Å². The molecule has 8 bridgehead atoms. The number of hydrogen-bond acceptors (Lipinski definition) is 1. The van der Waals surface area contributed by atoms with Crippen LogP contribution in [0.3, 0.4) is 0 Å². The van der Waals surface area contributed by atoms with E-state index in [9.17, 15) is 0 Å². The van der Waals surface area contributed by atoms with Gasteiger partial charge in [-0.1, -0.05) is 12.2 Å². The molecule has 0 saturated carbocycles. The van der Waals surface area contributed by atoms with Gasteiger partial charge in [-0.3, -0.25) is 0 Å². The van der Waals surface area contributed by atoms with Gasteiger partial charge < -0.3 is 24.8 Å². The van der Waals surface area contributed by atoms with Crippen molar-refractivity contribution >= 4 is 24.3 Å². The van der Waals surface area contributed by atoms with Crippen LogP contribution in [0.4, 0.5) is 0 Å². The van der Waals surface area contributed by atoms with Crippen LogP contribution in [0.5, 0.6) is 0 Å². The monoisotopic (exact) mass is 405 g/mol. The van der Waals surface area contributed by atoms with Crippen molar-refractivity contribution < 1.29 is 0 Å². The number of allylic oxidation sites excluding steroid dienone is 2. The van der Waals surface area contributed by atoms with E-state index in [0.29, 0.717) is 0 Å². The minimum absolute atomic E-state index is 0.183. The topological polar surface area (TPSA) is 66.4 Å². The van der Waals surface area contributed by atoms with Crippen LogP contribution in [0.25, 0.3) is 24.3 Å². The van der Waals surface area contributed by atoms with E-state index in [2.05, 4.69) is 123 Å². The fraction of sp³-hybridized carbons (Fsp3) is 0.0769. The molecule has 0 amide bonds. The lowest BCUT2D eigenvalue weighted by Crippen LogP contribution is -2.24. The molecule has 2 aliphatic rings. The van der Waals surface area contributed by atoms with E-state index in [1.165, 1.54) is 5.56 Å². The maximum absolute atomic E-state index is 3.62. The quantitative estimate of drug-likeness (QED) is 0.337. The van der Waals surface area contributed by atoms with Crippen molar-refractivity contribution in [2.24, 2.45) is 0 Å². The number of nitrogens with one attached hydrogen (secondary N) is 4. The minimum atomic E-state index is 0.183. The molecule has 2 aliphatic heterocycles. The van der Waals surface area contributed by atoms with Crippen molar-refractivity contribution in [2.45, 2.75) is 6.04 Å². The Morgan fingerprint density at radius 1 is 0.645 bits per heavy atom. The summed E-state index contributed by atoms with van der Waals surface area (Å²) in [7, 11) is 2.11. The number of H-pyrrole nitrogens is 4. The molecule has 0 fully saturated rings. The van der Waals surface area contributed by atoms with Crippen molar-refractivity contribution in [3.63, 3.8) is 0 Å². The van der Waals surface area contributed by atoms with Gasteiger partial charge in [0.1, 0.15) is 0 Å². The molecule has 5 heteroatoms. The van der Waals surface area contributed by atoms with Gasteiger partial charge in [0.2, 0.25) is 0 Å². The van der Waals surface area contributed by atoms with Crippen LogP contribution >= 0.6 is 0 Å². The molecule has 4 aromatic rings. The Balaban J connectivity index is 1.60. The Morgan fingerprint density at radius 3 is 1.90 bits per heavy atom. The van der Waals surface area contributed by atoms with Crippen LogP contribution < -0.4 is 21.4 Å². The van der Waals surface area contributed by atoms with Crippen LogP contribution in [0.2, 0.25) is 0 Å². The van der Waals surface area contributed by atoms with Gasteiger partial charge in [-0.05, 0) is 79.0 Å². The first-order chi connectivity index (χ1) is 15.2. The maximum atomic E-state index is 3.62. The van der Waals surface area contributed by atoms with E-state index >= 15 is 0 Å². The first-order valence-corrected chi connectivity index (χ1v) is 10.5. The highest BCUT2D eigenvalue weighted by molar-refractivity contribution is 5.56. The normalized spacial score (nSPS) is 16.9. The molecule has 5 nitrogen and oxygen atoms in total. The summed E-state index contributed by atoms with van der Waals surface area (Å²) in [6.45, 7) is 0. The lowest BCUT2D eigenvalue weighted by atomic mass is 10.1. The summed E-state index contributed by atoms with van der Waals surface area (Å²) >= 11 is 0. The van der Waals surface area contributed by atoms with E-state index in [1.807, 2.05) is 0 Å². The molecular weight excluding hydrogens is 382 g/mol. The second-order valence-electron chi connectivity index (χ2n) is 8.11. The smallest absolute Gasteiger partial charge is 0.0741 e. The molecule has 152 valence electrons. The molecule has 6 rings (SSSR count). The van der Waals surface area contributed by atoms with Gasteiger partial charge in [-0.2, -0.15) is 0 Å². The first kappa shape index (κ1) is 17.7. The Bertz CT molecular complexity index is 1560. The van der Waals surface area contributed by atoms with E-state index < -0.39 is 0 Å². The van der Waals surface area contributed by atoms with Gasteiger partial charge in [-0.15, -0.1) is 0 Å². The maximum Gasteiger partial charge on any atom is 0.0741 e. The van der Waals surface area contributed by atoms with Crippen LogP contribution in [-0.2, 0) is 0 Å². The average Bonchev–Trinajstić information content (AvgIpc) is 3.53. The van der Waals surface area contributed by atoms with Gasteiger partial charge in [-0.25, -0.2) is 0 Å². The molecule has 0 aliphatic carbocycles. The second kappa shape index (κ2) is 6.99. The first-order valence-electron chi connectivity index (χ1n) is 10.5. The largest absolute Gasteiger partial charge is 0.370 e. The van der Waals surface area contributed by atoms with Crippen molar-refractivity contribution in [3.05, 3.63) is 117 Å². The zero-order chi connectivity index (χ0) is 20.8. The summed E-state index contributed by atoms with van der Waals surface area (Å²) in [6.07, 6.45) is 17.1. The van der Waals surface area contributed by atoms with Gasteiger partial charge >= 0.3 is 0 Å². The number of fused-ring (bicyclic) bond motifs is 8. The number of hydrogen-bond donors (Lipinski definition) is 4. The molecule has 1 atom stereocenters. The number of aromatic amines is 4. The van der Waals surface area contributed by atoms with Crippen molar-refractivity contribution in [1.82, 2.24) is 24.8 Å². The van der Waals surface area contributed by atoms with Gasteiger partial charge in [0.25, 0.3) is 0 Å². The Labute approximate surface area is 179 Å². The molecule has 1 unspecified atom stereocenters. The number of rotatable bonds is 1. The predicted molar refractivity (Wildman–Crippen MR) is 125 cm³/mol. The molecule has 0 radical (unpaired) electrons. The zero-order valence-corrected chi connectivity index (χ0v) is 17.2. The highest BCUT2D eigenvalue weighted by atomic mass is 15.1. The van der Waals surface area contributed by atoms with Crippen molar-refractivity contribution in [3.8, 4) is 0 Å². The summed E-state index contributed by atoms with van der Waals surface area (Å²) < 4.78 is 0. The summed E-state index contributed by atoms with van der Waals surface area (Å²) in [5, 5.41) is 4.30. The molecule has 0 aromatic carbocycles. The number of aromatic nitrogens is 4. The van der Waals surface area contributed by atoms with Gasteiger partial charge in [0, 0.05) is 56.8 Å². The second-order valence-corrected chi connectivity index (χ2v) is 8.11. The van der Waals surface area contributed by atoms with Gasteiger partial charge in [0.05, 0.1) is 6.04 Å². The van der Waals surface area contributed by atoms with E-state index in [1.54, 1.807) is 0 Å². The highest BCUT2D eigenvalue weighted by Gasteiger charge is 2.16. The van der Waals surface area contributed by atoms with E-state index in [4.69, 9.17) is 0 Å². The third-order valence-electron chi connectivity index (χ3n) is 5.81. The van der Waals surface area contributed by atoms with Crippen LogP contribution in [0.1, 0.15) is 34.4 Å². The number of nitrogens with zero attached hydrogens (tertiary/aromatic N) is 1. The Morgan fingerprint density at radius 2 is 1.26 bits per heavy atom. The lowest BCUT2D eigenvalue weighted by Gasteiger charge is -2.25. The molecule has 6 heterocycles. The average molecular weight is 406 g/mol. The predicted octanol–water partition coefficient (Wildman–Crippen LogP) is 1.68. The van der Waals surface area contributed by atoms with E-state index in [-0.39, 0.29) is 6.04 Å². The molecule has 31 heavy (non-hydrogen) atoms. The summed E-state index contributed by atoms with van der Waals surface area (Å²) in [6, 6.07) is 15.0. The number of likely N-dealkylation sites (N-methyl/N-ethyl adjacent to an activating group) is 1. The minimum Gasteiger partial charge on any atom is -0.370 e. The SMILES string of the molecule is CN1C=CC=CC1c1cc2[nH]c1=Cc1ccc([nH]1)C=c1ccc([nH]1)=Cc1ccc([nH]1)C=2. The molecule has 0 spiro atoms. The fourth-order valence-electron chi connectivity index (χ4n) is 4.31. The van der Waals surface area contributed by atoms with Crippen LogP contribution in [0, 0.1) is 0 Å². The molecular formula is C26H23N5. The molecule has 4 aromatic heterocycles. The summed E-state index contributed by atoms with van der Waals surface area (Å²) in [5.74, 6) is 0. The third kappa shape index (κ3) is 3.40. The van der Waals surface area contributed by atoms with Crippen LogP contribution in [0.15, 0.2) is 66.9 Å². The summed E-state index contributed by atoms with van der Waals surface area (Å²) in [4.78, 5) is 16.3. The Hall–Kier alpha value is -4.12. The fourth-order valence-corrected chi connectivity index (χ4v) is 4.31. The Kier molecular flexibility index (Phi) is 3.99. The zero-order valence-electron chi connectivity index (χ0n) is 17.2. The lowest BCUT2D eigenvalue weighted by molar-refractivity contribution is 0.388. The highest BCUT2D eigenvalue weighted by Crippen LogP contribution is 2.20. The van der Waals surface area contributed by atoms with Crippen molar-refractivity contribution in [1.29, 1.82) is 0 Å². The summed E-state index contributed by atoms with van der Waals surface area (Å²) in [5.41, 5.74) is 5.49. The third-order valence-corrected chi connectivity index (χ3v) is 5.81. The van der Waals surface area contributed by atoms with Gasteiger partial charge in [0.15, 0.2) is 0 Å². The molecule has 4 N–H and O–H groups in total. The van der Waals surface area contributed by atoms with E-state index in [0.717, 1.165) is 44.2 Å².